The van der Waals surface area contributed by atoms with Gasteiger partial charge in [0.25, 0.3) is 0 Å². The fourth-order valence-corrected chi connectivity index (χ4v) is 6.26. The van der Waals surface area contributed by atoms with Crippen LogP contribution in [0.25, 0.3) is 0 Å². The normalized spacial score (nSPS) is 24.9. The summed E-state index contributed by atoms with van der Waals surface area (Å²) in [6.07, 6.45) is -1.50. The summed E-state index contributed by atoms with van der Waals surface area (Å²) >= 11 is 0. The van der Waals surface area contributed by atoms with E-state index >= 15 is 0 Å². The molecular weight excluding hydrogens is 481 g/mol. The number of carboxylic acid groups (broad SMARTS) is 1. The first kappa shape index (κ1) is 26.8. The summed E-state index contributed by atoms with van der Waals surface area (Å²) in [4.78, 5) is 31.2. The zero-order valence-electron chi connectivity index (χ0n) is 19.5. The molecule has 2 aromatic rings. The van der Waals surface area contributed by atoms with Gasteiger partial charge in [0.2, 0.25) is 5.95 Å². The van der Waals surface area contributed by atoms with Crippen LogP contribution in [0.2, 0.25) is 0 Å². The third-order valence-corrected chi connectivity index (χ3v) is 8.15. The third kappa shape index (κ3) is 5.88. The molecule has 0 amide bonds. The van der Waals surface area contributed by atoms with Gasteiger partial charge in [-0.05, 0) is 39.3 Å². The summed E-state index contributed by atoms with van der Waals surface area (Å²) in [6, 6.07) is 5.52. The standard InChI is InChI=1S/C21H30N5O8P/c1-12(2)26(13(3)19(29)30)35(32,34-15-7-5-4-6-8-15)33-10-14-9-16(18(28)17(14)27)25-11-23-20(22)24-21(25)31/h4-8,11-14,16-18,27-28H,9-10H2,1-3H3,(H,29,30)(H2,22,24,31)/t13?,14-,16-,17-,18+,35?/m1/s1. The van der Waals surface area contributed by atoms with Crippen LogP contribution in [-0.4, -0.2) is 71.4 Å². The molecule has 1 aliphatic rings. The highest BCUT2D eigenvalue weighted by molar-refractivity contribution is 7.51. The van der Waals surface area contributed by atoms with Crippen molar-refractivity contribution in [2.45, 2.75) is 57.5 Å². The van der Waals surface area contributed by atoms with Gasteiger partial charge >= 0.3 is 19.4 Å². The molecule has 192 valence electrons. The van der Waals surface area contributed by atoms with Crippen LogP contribution in [0.15, 0.2) is 41.5 Å². The van der Waals surface area contributed by atoms with Crippen molar-refractivity contribution in [2.24, 2.45) is 5.92 Å². The summed E-state index contributed by atoms with van der Waals surface area (Å²) < 4.78 is 27.7. The summed E-state index contributed by atoms with van der Waals surface area (Å²) in [6.45, 7) is 4.33. The van der Waals surface area contributed by atoms with Crippen molar-refractivity contribution in [3.8, 4) is 5.75 Å². The van der Waals surface area contributed by atoms with E-state index in [1.54, 1.807) is 44.2 Å². The van der Waals surface area contributed by atoms with Crippen LogP contribution < -0.4 is 15.9 Å². The number of anilines is 1. The lowest BCUT2D eigenvalue weighted by Crippen LogP contribution is -2.43. The van der Waals surface area contributed by atoms with Crippen molar-refractivity contribution < 1.29 is 33.7 Å². The van der Waals surface area contributed by atoms with Crippen molar-refractivity contribution in [3.05, 3.63) is 47.1 Å². The fourth-order valence-electron chi connectivity index (χ4n) is 4.12. The lowest BCUT2D eigenvalue weighted by molar-refractivity contribution is -0.141. The number of para-hydroxylation sites is 1. The molecule has 5 N–H and O–H groups in total. The smallest absolute Gasteiger partial charge is 0.462 e. The van der Waals surface area contributed by atoms with Gasteiger partial charge in [-0.3, -0.25) is 13.9 Å². The van der Waals surface area contributed by atoms with E-state index in [9.17, 15) is 29.5 Å². The van der Waals surface area contributed by atoms with Gasteiger partial charge in [0.15, 0.2) is 0 Å². The topological polar surface area (TPSA) is 190 Å². The SMILES string of the molecule is CC(C)N(C(C)C(=O)O)P(=O)(OC[C@H]1C[C@@H](n2cnc(N)nc2=O)[C@H](O)[C@@H]1O)Oc1ccccc1. The van der Waals surface area contributed by atoms with E-state index in [1.807, 2.05) is 0 Å². The number of benzene rings is 1. The largest absolute Gasteiger partial charge is 0.480 e. The highest BCUT2D eigenvalue weighted by atomic mass is 31.2. The van der Waals surface area contributed by atoms with Crippen LogP contribution in [0, 0.1) is 5.92 Å². The van der Waals surface area contributed by atoms with Gasteiger partial charge in [0.1, 0.15) is 24.2 Å². The number of carbonyl (C=O) groups is 1. The Morgan fingerprint density at radius 1 is 1.26 bits per heavy atom. The van der Waals surface area contributed by atoms with Crippen LogP contribution in [0.3, 0.4) is 0 Å². The number of carboxylic acids is 1. The first-order valence-corrected chi connectivity index (χ1v) is 12.5. The molecule has 2 unspecified atom stereocenters. The minimum absolute atomic E-state index is 0.0665. The lowest BCUT2D eigenvalue weighted by Gasteiger charge is -2.36. The Morgan fingerprint density at radius 3 is 2.49 bits per heavy atom. The van der Waals surface area contributed by atoms with Crippen LogP contribution in [0.1, 0.15) is 33.2 Å². The number of rotatable bonds is 10. The fraction of sp³-hybridized carbons (Fsp3) is 0.524. The quantitative estimate of drug-likeness (QED) is 0.330. The van der Waals surface area contributed by atoms with E-state index in [0.717, 1.165) is 15.6 Å². The molecule has 1 heterocycles. The lowest BCUT2D eigenvalue weighted by atomic mass is 10.1. The highest BCUT2D eigenvalue weighted by Crippen LogP contribution is 2.55. The zero-order chi connectivity index (χ0) is 25.9. The summed E-state index contributed by atoms with van der Waals surface area (Å²) in [5, 5.41) is 30.8. The van der Waals surface area contributed by atoms with E-state index < -0.39 is 55.7 Å². The molecule has 0 bridgehead atoms. The van der Waals surface area contributed by atoms with Crippen LogP contribution in [0.4, 0.5) is 5.95 Å². The number of nitrogens with zero attached hydrogens (tertiary/aromatic N) is 4. The molecular formula is C21H30N5O8P. The molecule has 0 saturated heterocycles. The van der Waals surface area contributed by atoms with Crippen LogP contribution >= 0.6 is 7.75 Å². The molecule has 6 atom stereocenters. The van der Waals surface area contributed by atoms with E-state index in [1.165, 1.54) is 6.92 Å². The maximum Gasteiger partial charge on any atom is 0.462 e. The first-order chi connectivity index (χ1) is 16.4. The van der Waals surface area contributed by atoms with Crippen molar-refractivity contribution in [2.75, 3.05) is 12.3 Å². The van der Waals surface area contributed by atoms with Gasteiger partial charge in [-0.1, -0.05) is 18.2 Å². The van der Waals surface area contributed by atoms with E-state index in [0.29, 0.717) is 0 Å². The van der Waals surface area contributed by atoms with Crippen molar-refractivity contribution in [1.29, 1.82) is 0 Å². The van der Waals surface area contributed by atoms with Crippen molar-refractivity contribution in [1.82, 2.24) is 19.2 Å². The Kier molecular flexibility index (Phi) is 8.29. The highest BCUT2D eigenvalue weighted by Gasteiger charge is 2.47. The van der Waals surface area contributed by atoms with Gasteiger partial charge in [0.05, 0.1) is 18.8 Å². The monoisotopic (exact) mass is 511 g/mol. The maximum absolute atomic E-state index is 14.0. The zero-order valence-corrected chi connectivity index (χ0v) is 20.4. The average Bonchev–Trinajstić information content (AvgIpc) is 3.06. The minimum Gasteiger partial charge on any atom is -0.480 e. The molecule has 1 saturated carbocycles. The van der Waals surface area contributed by atoms with Crippen LogP contribution in [-0.2, 0) is 13.9 Å². The average molecular weight is 511 g/mol. The first-order valence-electron chi connectivity index (χ1n) is 11.0. The molecule has 3 rings (SSSR count). The number of aliphatic carboxylic acids is 1. The number of nitrogen functional groups attached to an aromatic ring is 1. The maximum atomic E-state index is 14.0. The Hall–Kier alpha value is -2.83. The predicted octanol–water partition coefficient (Wildman–Crippen LogP) is 0.891. The third-order valence-electron chi connectivity index (χ3n) is 5.86. The second-order valence-electron chi connectivity index (χ2n) is 8.61. The number of nitrogens with two attached hydrogens (primary N) is 1. The Morgan fingerprint density at radius 2 is 1.91 bits per heavy atom. The van der Waals surface area contributed by atoms with E-state index in [-0.39, 0.29) is 24.7 Å². The van der Waals surface area contributed by atoms with Crippen molar-refractivity contribution >= 4 is 19.7 Å². The molecule has 1 aromatic carbocycles. The molecule has 0 aliphatic heterocycles. The molecule has 35 heavy (non-hydrogen) atoms. The number of aliphatic hydroxyl groups is 2. The molecule has 1 aliphatic carbocycles. The van der Waals surface area contributed by atoms with E-state index in [2.05, 4.69) is 9.97 Å². The molecule has 1 fully saturated rings. The summed E-state index contributed by atoms with van der Waals surface area (Å²) in [5.41, 5.74) is 4.67. The van der Waals surface area contributed by atoms with Crippen LogP contribution in [0.5, 0.6) is 5.75 Å². The molecule has 13 nitrogen and oxygen atoms in total. The van der Waals surface area contributed by atoms with Gasteiger partial charge in [-0.25, -0.2) is 14.3 Å². The molecule has 14 heteroatoms. The number of hydrogen-bond acceptors (Lipinski definition) is 10. The van der Waals surface area contributed by atoms with Gasteiger partial charge in [-0.2, -0.15) is 9.65 Å². The van der Waals surface area contributed by atoms with Crippen molar-refractivity contribution in [3.63, 3.8) is 0 Å². The minimum atomic E-state index is -4.27. The number of hydrogen-bond donors (Lipinski definition) is 4. The predicted molar refractivity (Wildman–Crippen MR) is 125 cm³/mol. The van der Waals surface area contributed by atoms with Gasteiger partial charge < -0.3 is 25.6 Å². The number of aromatic nitrogens is 3. The number of aliphatic hydroxyl groups excluding tert-OH is 2. The summed E-state index contributed by atoms with van der Waals surface area (Å²) in [7, 11) is -4.27. The Bertz CT molecular complexity index is 1130. The second kappa shape index (κ2) is 10.8. The van der Waals surface area contributed by atoms with E-state index in [4.69, 9.17) is 14.8 Å². The van der Waals surface area contributed by atoms with Gasteiger partial charge in [0, 0.05) is 12.0 Å². The summed E-state index contributed by atoms with van der Waals surface area (Å²) in [5.74, 6) is -2.01. The molecule has 0 radical (unpaired) electrons. The second-order valence-corrected chi connectivity index (χ2v) is 10.4. The van der Waals surface area contributed by atoms with Gasteiger partial charge in [-0.15, -0.1) is 0 Å². The Labute approximate surface area is 201 Å². The molecule has 0 spiro atoms. The Balaban J connectivity index is 1.87. The molecule has 1 aromatic heterocycles.